The number of carboxylic acids is 1. The number of carbonyl (C=O) groups is 2. The average Bonchev–Trinajstić information content (AvgIpc) is 2.55. The average molecular weight is 349 g/mol. The van der Waals surface area contributed by atoms with Crippen molar-refractivity contribution in [3.63, 3.8) is 0 Å². The molecule has 6 nitrogen and oxygen atoms in total. The number of aromatic hydroxyl groups is 1. The molecular weight excluding hydrogens is 332 g/mol. The van der Waals surface area contributed by atoms with E-state index in [2.05, 4.69) is 10.6 Å². The molecule has 0 saturated heterocycles. The van der Waals surface area contributed by atoms with Gasteiger partial charge in [-0.05, 0) is 23.8 Å². The Morgan fingerprint density at radius 1 is 1.12 bits per heavy atom. The number of amides is 1. The highest BCUT2D eigenvalue weighted by molar-refractivity contribution is 6.31. The molecule has 0 radical (unpaired) electrons. The molecule has 4 N–H and O–H groups in total. The first-order valence-electron chi connectivity index (χ1n) is 7.24. The maximum absolute atomic E-state index is 12.0. The maximum Gasteiger partial charge on any atom is 0.321 e. The minimum absolute atomic E-state index is 0.139. The predicted octanol–water partition coefficient (Wildman–Crippen LogP) is 2.62. The number of hydrogen-bond acceptors (Lipinski definition) is 4. The lowest BCUT2D eigenvalue weighted by molar-refractivity contribution is -0.141. The zero-order chi connectivity index (χ0) is 17.5. The van der Waals surface area contributed by atoms with Crippen LogP contribution in [-0.2, 0) is 16.1 Å². The van der Waals surface area contributed by atoms with E-state index in [1.165, 1.54) is 18.2 Å². The minimum atomic E-state index is -1.13. The number of carboxylic acid groups (broad SMARTS) is 1. The first-order chi connectivity index (χ1) is 11.5. The molecule has 2 rings (SSSR count). The maximum atomic E-state index is 12.0. The molecule has 0 spiro atoms. The molecule has 126 valence electrons. The quantitative estimate of drug-likeness (QED) is 0.576. The van der Waals surface area contributed by atoms with Crippen molar-refractivity contribution in [2.24, 2.45) is 0 Å². The molecule has 2 aromatic rings. The number of halogens is 1. The highest BCUT2D eigenvalue weighted by Gasteiger charge is 2.21. The molecule has 7 heteroatoms. The van der Waals surface area contributed by atoms with Crippen LogP contribution in [0.1, 0.15) is 12.0 Å². The van der Waals surface area contributed by atoms with E-state index >= 15 is 0 Å². The lowest BCUT2D eigenvalue weighted by Gasteiger charge is -2.15. The third-order valence-corrected chi connectivity index (χ3v) is 3.55. The minimum Gasteiger partial charge on any atom is -0.506 e. The standard InChI is InChI=1S/C17H17ClN2O4/c18-12-6-7-15(21)13(8-12)20-16(22)9-14(17(23)24)19-10-11-4-2-1-3-5-11/h1-8,14,19,21H,9-10H2,(H,20,22)(H,23,24). The van der Waals surface area contributed by atoms with Crippen LogP contribution >= 0.6 is 11.6 Å². The van der Waals surface area contributed by atoms with Crippen LogP contribution in [0.2, 0.25) is 5.02 Å². The van der Waals surface area contributed by atoms with Gasteiger partial charge in [0.2, 0.25) is 5.91 Å². The number of rotatable bonds is 7. The number of aliphatic carboxylic acids is 1. The highest BCUT2D eigenvalue weighted by atomic mass is 35.5. The van der Waals surface area contributed by atoms with Crippen molar-refractivity contribution in [2.75, 3.05) is 5.32 Å². The summed E-state index contributed by atoms with van der Waals surface area (Å²) in [6.07, 6.45) is -0.284. The number of carbonyl (C=O) groups excluding carboxylic acids is 1. The highest BCUT2D eigenvalue weighted by Crippen LogP contribution is 2.26. The Kier molecular flexibility index (Phi) is 6.17. The Morgan fingerprint density at radius 2 is 1.83 bits per heavy atom. The van der Waals surface area contributed by atoms with Gasteiger partial charge in [-0.1, -0.05) is 41.9 Å². The zero-order valence-corrected chi connectivity index (χ0v) is 13.5. The lowest BCUT2D eigenvalue weighted by Crippen LogP contribution is -2.39. The van der Waals surface area contributed by atoms with Crippen molar-refractivity contribution < 1.29 is 19.8 Å². The summed E-state index contributed by atoms with van der Waals surface area (Å²) in [6, 6.07) is 12.4. The van der Waals surface area contributed by atoms with Crippen molar-refractivity contribution in [3.05, 3.63) is 59.1 Å². The van der Waals surface area contributed by atoms with Gasteiger partial charge in [-0.3, -0.25) is 14.9 Å². The van der Waals surface area contributed by atoms with E-state index in [0.29, 0.717) is 11.6 Å². The van der Waals surface area contributed by atoms with E-state index in [9.17, 15) is 19.8 Å². The molecule has 1 atom stereocenters. The van der Waals surface area contributed by atoms with Crippen LogP contribution in [0.5, 0.6) is 5.75 Å². The Labute approximate surface area is 144 Å². The van der Waals surface area contributed by atoms with Crippen LogP contribution in [0.15, 0.2) is 48.5 Å². The van der Waals surface area contributed by atoms with Crippen LogP contribution < -0.4 is 10.6 Å². The number of anilines is 1. The summed E-state index contributed by atoms with van der Waals surface area (Å²) >= 11 is 5.81. The van der Waals surface area contributed by atoms with Gasteiger partial charge in [0.1, 0.15) is 11.8 Å². The molecule has 0 fully saturated rings. The largest absolute Gasteiger partial charge is 0.506 e. The molecular formula is C17H17ClN2O4. The number of phenols is 1. The second kappa shape index (κ2) is 8.33. The van der Waals surface area contributed by atoms with Crippen molar-refractivity contribution in [1.82, 2.24) is 5.32 Å². The van der Waals surface area contributed by atoms with Crippen LogP contribution in [0.3, 0.4) is 0 Å². The van der Waals surface area contributed by atoms with Gasteiger partial charge in [-0.2, -0.15) is 0 Å². The molecule has 0 bridgehead atoms. The fraction of sp³-hybridized carbons (Fsp3) is 0.176. The van der Waals surface area contributed by atoms with Gasteiger partial charge in [0, 0.05) is 11.6 Å². The zero-order valence-electron chi connectivity index (χ0n) is 12.7. The monoisotopic (exact) mass is 348 g/mol. The molecule has 0 aromatic heterocycles. The third kappa shape index (κ3) is 5.26. The van der Waals surface area contributed by atoms with E-state index < -0.39 is 17.9 Å². The SMILES string of the molecule is O=C(CC(NCc1ccccc1)C(=O)O)Nc1cc(Cl)ccc1O. The normalized spacial score (nSPS) is 11.7. The third-order valence-electron chi connectivity index (χ3n) is 3.32. The Bertz CT molecular complexity index is 722. The number of hydrogen-bond donors (Lipinski definition) is 4. The molecule has 1 amide bonds. The van der Waals surface area contributed by atoms with E-state index in [1.807, 2.05) is 30.3 Å². The van der Waals surface area contributed by atoms with Gasteiger partial charge in [0.25, 0.3) is 0 Å². The summed E-state index contributed by atoms with van der Waals surface area (Å²) in [5, 5.41) is 24.6. The van der Waals surface area contributed by atoms with E-state index in [4.69, 9.17) is 11.6 Å². The summed E-state index contributed by atoms with van der Waals surface area (Å²) in [5.74, 6) is -1.81. The van der Waals surface area contributed by atoms with E-state index in [0.717, 1.165) is 5.56 Å². The molecule has 2 aromatic carbocycles. The number of benzene rings is 2. The lowest BCUT2D eigenvalue weighted by atomic mass is 10.1. The van der Waals surface area contributed by atoms with Gasteiger partial charge >= 0.3 is 5.97 Å². The number of nitrogens with one attached hydrogen (secondary N) is 2. The first kappa shape index (κ1) is 17.8. The van der Waals surface area contributed by atoms with Gasteiger partial charge in [0.05, 0.1) is 12.1 Å². The fourth-order valence-corrected chi connectivity index (χ4v) is 2.25. The Hall–Kier alpha value is -2.57. The van der Waals surface area contributed by atoms with Crippen LogP contribution in [0, 0.1) is 0 Å². The second-order valence-corrected chi connectivity index (χ2v) is 5.61. The predicted molar refractivity (Wildman–Crippen MR) is 91.1 cm³/mol. The summed E-state index contributed by atoms with van der Waals surface area (Å²) in [7, 11) is 0. The summed E-state index contributed by atoms with van der Waals surface area (Å²) < 4.78 is 0. The molecule has 0 aliphatic rings. The van der Waals surface area contributed by atoms with Crippen molar-refractivity contribution in [2.45, 2.75) is 19.0 Å². The smallest absolute Gasteiger partial charge is 0.321 e. The summed E-state index contributed by atoms with van der Waals surface area (Å²) in [4.78, 5) is 23.4. The number of phenolic OH excluding ortho intramolecular Hbond substituents is 1. The van der Waals surface area contributed by atoms with E-state index in [-0.39, 0.29) is 17.9 Å². The van der Waals surface area contributed by atoms with Gasteiger partial charge in [-0.15, -0.1) is 0 Å². The van der Waals surface area contributed by atoms with Gasteiger partial charge in [-0.25, -0.2) is 0 Å². The molecule has 0 aliphatic carbocycles. The second-order valence-electron chi connectivity index (χ2n) is 5.17. The molecule has 0 aliphatic heterocycles. The Morgan fingerprint density at radius 3 is 2.50 bits per heavy atom. The van der Waals surface area contributed by atoms with Crippen molar-refractivity contribution in [3.8, 4) is 5.75 Å². The summed E-state index contributed by atoms with van der Waals surface area (Å²) in [5.41, 5.74) is 1.05. The van der Waals surface area contributed by atoms with Crippen molar-refractivity contribution in [1.29, 1.82) is 0 Å². The topological polar surface area (TPSA) is 98.7 Å². The molecule has 0 heterocycles. The van der Waals surface area contributed by atoms with Crippen LogP contribution in [0.25, 0.3) is 0 Å². The molecule has 1 unspecified atom stereocenters. The first-order valence-corrected chi connectivity index (χ1v) is 7.62. The summed E-state index contributed by atoms with van der Waals surface area (Å²) in [6.45, 7) is 0.327. The molecule has 0 saturated carbocycles. The van der Waals surface area contributed by atoms with Crippen molar-refractivity contribution >= 4 is 29.2 Å². The van der Waals surface area contributed by atoms with Crippen LogP contribution in [0.4, 0.5) is 5.69 Å². The van der Waals surface area contributed by atoms with Gasteiger partial charge in [0.15, 0.2) is 0 Å². The van der Waals surface area contributed by atoms with E-state index in [1.54, 1.807) is 0 Å². The Balaban J connectivity index is 1.95. The van der Waals surface area contributed by atoms with Crippen LogP contribution in [-0.4, -0.2) is 28.1 Å². The molecule has 24 heavy (non-hydrogen) atoms. The fourth-order valence-electron chi connectivity index (χ4n) is 2.08. The van der Waals surface area contributed by atoms with Gasteiger partial charge < -0.3 is 15.5 Å².